The molecule has 96 valence electrons. The zero-order valence-electron chi connectivity index (χ0n) is 10.2. The van der Waals surface area contributed by atoms with Gasteiger partial charge in [-0.1, -0.05) is 6.92 Å². The van der Waals surface area contributed by atoms with Crippen LogP contribution < -0.4 is 5.32 Å². The molecule has 0 aliphatic heterocycles. The van der Waals surface area contributed by atoms with Crippen LogP contribution >= 0.6 is 11.3 Å². The Kier molecular flexibility index (Phi) is 4.04. The number of nitrogens with one attached hydrogen (secondary N) is 1. The molecule has 0 fully saturated rings. The Labute approximate surface area is 109 Å². The molecule has 0 spiro atoms. The van der Waals surface area contributed by atoms with E-state index in [4.69, 9.17) is 0 Å². The van der Waals surface area contributed by atoms with Crippen LogP contribution in [-0.4, -0.2) is 11.5 Å². The van der Waals surface area contributed by atoms with E-state index in [-0.39, 0.29) is 6.04 Å². The standard InChI is InChI=1S/C13H14F2N2S/c1-3-16-8(2)12-7-18-13(17-12)10-5-4-9(14)6-11(10)15/h4-8,16H,3H2,1-2H3. The van der Waals surface area contributed by atoms with Gasteiger partial charge in [0.2, 0.25) is 0 Å². The van der Waals surface area contributed by atoms with Crippen molar-refractivity contribution in [1.82, 2.24) is 10.3 Å². The quantitative estimate of drug-likeness (QED) is 0.913. The van der Waals surface area contributed by atoms with Gasteiger partial charge in [-0.2, -0.15) is 0 Å². The highest BCUT2D eigenvalue weighted by molar-refractivity contribution is 7.13. The van der Waals surface area contributed by atoms with Crippen molar-refractivity contribution in [2.24, 2.45) is 0 Å². The molecule has 2 aromatic rings. The van der Waals surface area contributed by atoms with Crippen LogP contribution in [0.15, 0.2) is 23.6 Å². The van der Waals surface area contributed by atoms with Crippen LogP contribution in [0.4, 0.5) is 8.78 Å². The van der Waals surface area contributed by atoms with Gasteiger partial charge in [0.15, 0.2) is 0 Å². The van der Waals surface area contributed by atoms with Crippen molar-refractivity contribution in [2.45, 2.75) is 19.9 Å². The molecule has 0 radical (unpaired) electrons. The van der Waals surface area contributed by atoms with E-state index >= 15 is 0 Å². The fourth-order valence-corrected chi connectivity index (χ4v) is 2.62. The molecule has 0 bridgehead atoms. The molecule has 0 saturated carbocycles. The number of aromatic nitrogens is 1. The molecule has 1 heterocycles. The van der Waals surface area contributed by atoms with Crippen molar-refractivity contribution < 1.29 is 8.78 Å². The van der Waals surface area contributed by atoms with Crippen molar-refractivity contribution in [3.8, 4) is 10.6 Å². The second kappa shape index (κ2) is 5.54. The first-order valence-electron chi connectivity index (χ1n) is 5.76. The van der Waals surface area contributed by atoms with Gasteiger partial charge in [-0.25, -0.2) is 13.8 Å². The largest absolute Gasteiger partial charge is 0.309 e. The minimum atomic E-state index is -0.577. The van der Waals surface area contributed by atoms with E-state index in [1.807, 2.05) is 19.2 Å². The normalized spacial score (nSPS) is 12.7. The van der Waals surface area contributed by atoms with Gasteiger partial charge in [0.25, 0.3) is 0 Å². The molecule has 0 aliphatic carbocycles. The highest BCUT2D eigenvalue weighted by Gasteiger charge is 2.13. The average molecular weight is 268 g/mol. The van der Waals surface area contributed by atoms with Crippen LogP contribution in [0.2, 0.25) is 0 Å². The number of rotatable bonds is 4. The zero-order valence-corrected chi connectivity index (χ0v) is 11.0. The van der Waals surface area contributed by atoms with Crippen LogP contribution in [0.1, 0.15) is 25.6 Å². The molecule has 1 N–H and O–H groups in total. The molecular weight excluding hydrogens is 254 g/mol. The molecule has 1 atom stereocenters. The number of thiazole rings is 1. The average Bonchev–Trinajstić information content (AvgIpc) is 2.78. The first kappa shape index (κ1) is 13.1. The Morgan fingerprint density at radius 2 is 2.17 bits per heavy atom. The number of hydrogen-bond acceptors (Lipinski definition) is 3. The molecule has 18 heavy (non-hydrogen) atoms. The summed E-state index contributed by atoms with van der Waals surface area (Å²) in [4.78, 5) is 4.38. The molecule has 0 saturated heterocycles. The third-order valence-corrected chi connectivity index (χ3v) is 3.53. The van der Waals surface area contributed by atoms with Gasteiger partial charge in [-0.3, -0.25) is 0 Å². The van der Waals surface area contributed by atoms with E-state index in [1.165, 1.54) is 23.5 Å². The lowest BCUT2D eigenvalue weighted by molar-refractivity contribution is 0.582. The van der Waals surface area contributed by atoms with E-state index < -0.39 is 11.6 Å². The fourth-order valence-electron chi connectivity index (χ4n) is 1.68. The molecule has 2 nitrogen and oxygen atoms in total. The second-order valence-electron chi connectivity index (χ2n) is 3.98. The number of benzene rings is 1. The Balaban J connectivity index is 2.29. The molecule has 0 amide bonds. The third-order valence-electron chi connectivity index (χ3n) is 2.64. The van der Waals surface area contributed by atoms with E-state index in [2.05, 4.69) is 10.3 Å². The Morgan fingerprint density at radius 1 is 1.39 bits per heavy atom. The van der Waals surface area contributed by atoms with Crippen LogP contribution in [0.3, 0.4) is 0 Å². The van der Waals surface area contributed by atoms with Gasteiger partial charge in [0.1, 0.15) is 16.6 Å². The van der Waals surface area contributed by atoms with Gasteiger partial charge in [0, 0.05) is 23.1 Å². The molecule has 5 heteroatoms. The van der Waals surface area contributed by atoms with Crippen molar-refractivity contribution in [2.75, 3.05) is 6.54 Å². The second-order valence-corrected chi connectivity index (χ2v) is 4.84. The van der Waals surface area contributed by atoms with Crippen LogP contribution in [0.5, 0.6) is 0 Å². The predicted molar refractivity (Wildman–Crippen MR) is 69.6 cm³/mol. The number of halogens is 2. The monoisotopic (exact) mass is 268 g/mol. The summed E-state index contributed by atoms with van der Waals surface area (Å²) >= 11 is 1.36. The zero-order chi connectivity index (χ0) is 13.1. The van der Waals surface area contributed by atoms with Gasteiger partial charge in [0.05, 0.1) is 5.69 Å². The minimum Gasteiger partial charge on any atom is -0.309 e. The summed E-state index contributed by atoms with van der Waals surface area (Å²) in [7, 11) is 0. The smallest absolute Gasteiger partial charge is 0.136 e. The maximum Gasteiger partial charge on any atom is 0.136 e. The third kappa shape index (κ3) is 2.73. The van der Waals surface area contributed by atoms with Gasteiger partial charge in [-0.15, -0.1) is 11.3 Å². The van der Waals surface area contributed by atoms with E-state index in [0.29, 0.717) is 10.6 Å². The van der Waals surface area contributed by atoms with Gasteiger partial charge < -0.3 is 5.32 Å². The summed E-state index contributed by atoms with van der Waals surface area (Å²) in [6.07, 6.45) is 0. The summed E-state index contributed by atoms with van der Waals surface area (Å²) in [5.74, 6) is -1.15. The lowest BCUT2D eigenvalue weighted by Crippen LogP contribution is -2.17. The predicted octanol–water partition coefficient (Wildman–Crippen LogP) is 3.76. The molecular formula is C13H14F2N2S. The van der Waals surface area contributed by atoms with Crippen molar-refractivity contribution >= 4 is 11.3 Å². The van der Waals surface area contributed by atoms with Crippen molar-refractivity contribution in [3.05, 3.63) is 40.9 Å². The molecule has 1 aromatic heterocycles. The lowest BCUT2D eigenvalue weighted by Gasteiger charge is -2.08. The number of nitrogens with zero attached hydrogens (tertiary/aromatic N) is 1. The first-order valence-corrected chi connectivity index (χ1v) is 6.64. The lowest BCUT2D eigenvalue weighted by atomic mass is 10.2. The fraction of sp³-hybridized carbons (Fsp3) is 0.308. The highest BCUT2D eigenvalue weighted by Crippen LogP contribution is 2.28. The molecule has 2 rings (SSSR count). The van der Waals surface area contributed by atoms with E-state index in [9.17, 15) is 8.78 Å². The summed E-state index contributed by atoms with van der Waals surface area (Å²) in [5.41, 5.74) is 1.22. The Bertz CT molecular complexity index is 540. The Hall–Kier alpha value is -1.33. The first-order chi connectivity index (χ1) is 8.61. The van der Waals surface area contributed by atoms with E-state index in [0.717, 1.165) is 18.3 Å². The van der Waals surface area contributed by atoms with Gasteiger partial charge >= 0.3 is 0 Å². The summed E-state index contributed by atoms with van der Waals surface area (Å²) < 4.78 is 26.4. The Morgan fingerprint density at radius 3 is 2.83 bits per heavy atom. The SMILES string of the molecule is CCNC(C)c1csc(-c2ccc(F)cc2F)n1. The van der Waals surface area contributed by atoms with Crippen LogP contribution in [0, 0.1) is 11.6 Å². The molecule has 1 aromatic carbocycles. The summed E-state index contributed by atoms with van der Waals surface area (Å²) in [6, 6.07) is 3.67. The maximum atomic E-state index is 13.6. The van der Waals surface area contributed by atoms with Crippen molar-refractivity contribution in [3.63, 3.8) is 0 Å². The summed E-state index contributed by atoms with van der Waals surface area (Å²) in [6.45, 7) is 4.87. The van der Waals surface area contributed by atoms with Crippen LogP contribution in [0.25, 0.3) is 10.6 Å². The number of hydrogen-bond donors (Lipinski definition) is 1. The highest BCUT2D eigenvalue weighted by atomic mass is 32.1. The molecule has 0 aliphatic rings. The minimum absolute atomic E-state index is 0.128. The molecule has 1 unspecified atom stereocenters. The topological polar surface area (TPSA) is 24.9 Å². The van der Waals surface area contributed by atoms with E-state index in [1.54, 1.807) is 0 Å². The van der Waals surface area contributed by atoms with Gasteiger partial charge in [-0.05, 0) is 25.6 Å². The maximum absolute atomic E-state index is 13.6. The van der Waals surface area contributed by atoms with Crippen LogP contribution in [-0.2, 0) is 0 Å². The summed E-state index contributed by atoms with van der Waals surface area (Å²) in [5, 5.41) is 5.71. The van der Waals surface area contributed by atoms with Crippen molar-refractivity contribution in [1.29, 1.82) is 0 Å².